The third-order valence-corrected chi connectivity index (χ3v) is 4.34. The van der Waals surface area contributed by atoms with Crippen molar-refractivity contribution in [2.45, 2.75) is 31.3 Å². The van der Waals surface area contributed by atoms with E-state index in [1.54, 1.807) is 30.3 Å². The SMILES string of the molecule is O=C(N[C@@H](CO)C(=O)N[C@H](Cc1ccc(C(F)(F)F)cc1)C(=O)O)OCc1ccccc1. The predicted molar refractivity (Wildman–Crippen MR) is 105 cm³/mol. The van der Waals surface area contributed by atoms with Crippen LogP contribution in [0.1, 0.15) is 16.7 Å². The Balaban J connectivity index is 1.94. The van der Waals surface area contributed by atoms with Gasteiger partial charge in [-0.3, -0.25) is 4.79 Å². The minimum absolute atomic E-state index is 0.0852. The Morgan fingerprint density at radius 1 is 0.906 bits per heavy atom. The number of carbonyl (C=O) groups excluding carboxylic acids is 2. The summed E-state index contributed by atoms with van der Waals surface area (Å²) in [5.74, 6) is -2.44. The van der Waals surface area contributed by atoms with Gasteiger partial charge in [-0.05, 0) is 23.3 Å². The van der Waals surface area contributed by atoms with Gasteiger partial charge < -0.3 is 25.6 Å². The van der Waals surface area contributed by atoms with Gasteiger partial charge in [0.1, 0.15) is 18.7 Å². The largest absolute Gasteiger partial charge is 0.480 e. The zero-order chi connectivity index (χ0) is 23.7. The minimum Gasteiger partial charge on any atom is -0.480 e. The van der Waals surface area contributed by atoms with Crippen molar-refractivity contribution in [1.82, 2.24) is 10.6 Å². The highest BCUT2D eigenvalue weighted by molar-refractivity contribution is 5.89. The number of carboxylic acids is 1. The Bertz CT molecular complexity index is 919. The second kappa shape index (κ2) is 11.1. The Labute approximate surface area is 181 Å². The Kier molecular flexibility index (Phi) is 8.59. The van der Waals surface area contributed by atoms with Crippen LogP contribution in [0.5, 0.6) is 0 Å². The highest BCUT2D eigenvalue weighted by atomic mass is 19.4. The lowest BCUT2D eigenvalue weighted by Gasteiger charge is -2.20. The van der Waals surface area contributed by atoms with Crippen molar-refractivity contribution in [3.05, 3.63) is 71.3 Å². The van der Waals surface area contributed by atoms with Crippen molar-refractivity contribution < 1.29 is 42.5 Å². The van der Waals surface area contributed by atoms with Gasteiger partial charge in [-0.25, -0.2) is 9.59 Å². The highest BCUT2D eigenvalue weighted by Crippen LogP contribution is 2.29. The molecule has 0 saturated heterocycles. The van der Waals surface area contributed by atoms with E-state index >= 15 is 0 Å². The van der Waals surface area contributed by atoms with Crippen molar-refractivity contribution in [3.63, 3.8) is 0 Å². The number of halogens is 3. The summed E-state index contributed by atoms with van der Waals surface area (Å²) in [4.78, 5) is 35.7. The molecule has 172 valence electrons. The van der Waals surface area contributed by atoms with Crippen LogP contribution in [0, 0.1) is 0 Å². The number of aliphatic hydroxyl groups is 1. The number of aliphatic carboxylic acids is 1. The zero-order valence-corrected chi connectivity index (χ0v) is 16.6. The molecule has 4 N–H and O–H groups in total. The summed E-state index contributed by atoms with van der Waals surface area (Å²) in [5.41, 5.74) is 0.0346. The molecule has 8 nitrogen and oxygen atoms in total. The molecule has 0 heterocycles. The summed E-state index contributed by atoms with van der Waals surface area (Å²) in [6.45, 7) is -0.920. The third kappa shape index (κ3) is 7.58. The van der Waals surface area contributed by atoms with Gasteiger partial charge in [0.15, 0.2) is 0 Å². The number of benzene rings is 2. The molecule has 32 heavy (non-hydrogen) atoms. The van der Waals surface area contributed by atoms with Gasteiger partial charge in [-0.2, -0.15) is 13.2 Å². The maximum atomic E-state index is 12.6. The van der Waals surface area contributed by atoms with E-state index in [0.717, 1.165) is 24.3 Å². The first-order valence-corrected chi connectivity index (χ1v) is 9.37. The number of ether oxygens (including phenoxy) is 1. The maximum absolute atomic E-state index is 12.6. The van der Waals surface area contributed by atoms with Gasteiger partial charge in [-0.1, -0.05) is 42.5 Å². The summed E-state index contributed by atoms with van der Waals surface area (Å²) in [5, 5.41) is 23.0. The monoisotopic (exact) mass is 454 g/mol. The molecule has 0 fully saturated rings. The number of alkyl halides is 3. The van der Waals surface area contributed by atoms with E-state index in [4.69, 9.17) is 4.74 Å². The summed E-state index contributed by atoms with van der Waals surface area (Å²) >= 11 is 0. The number of hydrogen-bond donors (Lipinski definition) is 4. The molecule has 0 spiro atoms. The first-order chi connectivity index (χ1) is 15.1. The number of aliphatic hydroxyl groups excluding tert-OH is 1. The third-order valence-electron chi connectivity index (χ3n) is 4.34. The molecule has 0 aromatic heterocycles. The molecule has 2 amide bonds. The molecule has 2 aromatic carbocycles. The van der Waals surface area contributed by atoms with Gasteiger partial charge >= 0.3 is 18.2 Å². The van der Waals surface area contributed by atoms with Gasteiger partial charge in [0.25, 0.3) is 0 Å². The molecule has 2 aromatic rings. The van der Waals surface area contributed by atoms with E-state index in [0.29, 0.717) is 5.56 Å². The van der Waals surface area contributed by atoms with E-state index in [1.165, 1.54) is 0 Å². The van der Waals surface area contributed by atoms with E-state index in [-0.39, 0.29) is 18.6 Å². The van der Waals surface area contributed by atoms with Crippen LogP contribution in [0.4, 0.5) is 18.0 Å². The van der Waals surface area contributed by atoms with Crippen LogP contribution in [0.15, 0.2) is 54.6 Å². The van der Waals surface area contributed by atoms with E-state index in [1.807, 2.05) is 0 Å². The van der Waals surface area contributed by atoms with Crippen LogP contribution >= 0.6 is 0 Å². The van der Waals surface area contributed by atoms with E-state index in [9.17, 15) is 37.8 Å². The molecule has 0 aliphatic carbocycles. The highest BCUT2D eigenvalue weighted by Gasteiger charge is 2.31. The van der Waals surface area contributed by atoms with Gasteiger partial charge in [-0.15, -0.1) is 0 Å². The topological polar surface area (TPSA) is 125 Å². The molecular formula is C21H21F3N2O6. The number of nitrogens with one attached hydrogen (secondary N) is 2. The maximum Gasteiger partial charge on any atom is 0.416 e. The fourth-order valence-electron chi connectivity index (χ4n) is 2.64. The van der Waals surface area contributed by atoms with Crippen LogP contribution < -0.4 is 10.6 Å². The Morgan fingerprint density at radius 3 is 2.06 bits per heavy atom. The van der Waals surface area contributed by atoms with Crippen LogP contribution in [-0.2, 0) is 33.5 Å². The second-order valence-electron chi connectivity index (χ2n) is 6.74. The predicted octanol–water partition coefficient (Wildman–Crippen LogP) is 2.10. The fraction of sp³-hybridized carbons (Fsp3) is 0.286. The number of rotatable bonds is 9. The Hall–Kier alpha value is -3.60. The lowest BCUT2D eigenvalue weighted by molar-refractivity contribution is -0.142. The number of amides is 2. The summed E-state index contributed by atoms with van der Waals surface area (Å²) in [6, 6.07) is 9.49. The number of carbonyl (C=O) groups is 3. The molecule has 0 aliphatic heterocycles. The zero-order valence-electron chi connectivity index (χ0n) is 16.6. The quantitative estimate of drug-likeness (QED) is 0.460. The second-order valence-corrected chi connectivity index (χ2v) is 6.74. The Morgan fingerprint density at radius 2 is 1.53 bits per heavy atom. The van der Waals surface area contributed by atoms with Gasteiger partial charge in [0.2, 0.25) is 5.91 Å². The smallest absolute Gasteiger partial charge is 0.416 e. The summed E-state index contributed by atoms with van der Waals surface area (Å²) in [7, 11) is 0. The molecular weight excluding hydrogens is 433 g/mol. The lowest BCUT2D eigenvalue weighted by Crippen LogP contribution is -2.53. The molecule has 0 unspecified atom stereocenters. The summed E-state index contributed by atoms with van der Waals surface area (Å²) in [6.07, 6.45) is -5.85. The number of hydrogen-bond acceptors (Lipinski definition) is 5. The molecule has 2 rings (SSSR count). The normalized spacial score (nSPS) is 13.0. The lowest BCUT2D eigenvalue weighted by atomic mass is 10.0. The number of alkyl carbamates (subject to hydrolysis) is 1. The first kappa shape index (κ1) is 24.7. The number of carboxylic acid groups (broad SMARTS) is 1. The molecule has 0 aliphatic rings. The van der Waals surface area contributed by atoms with Gasteiger partial charge in [0, 0.05) is 6.42 Å². The molecule has 0 saturated carbocycles. The van der Waals surface area contributed by atoms with E-state index in [2.05, 4.69) is 10.6 Å². The average Bonchev–Trinajstić information content (AvgIpc) is 2.75. The molecule has 0 bridgehead atoms. The molecule has 0 radical (unpaired) electrons. The van der Waals surface area contributed by atoms with Crippen molar-refractivity contribution in [2.75, 3.05) is 6.61 Å². The van der Waals surface area contributed by atoms with Gasteiger partial charge in [0.05, 0.1) is 12.2 Å². The van der Waals surface area contributed by atoms with Crippen molar-refractivity contribution in [2.24, 2.45) is 0 Å². The van der Waals surface area contributed by atoms with Crippen molar-refractivity contribution in [1.29, 1.82) is 0 Å². The fourth-order valence-corrected chi connectivity index (χ4v) is 2.64. The van der Waals surface area contributed by atoms with Crippen molar-refractivity contribution in [3.8, 4) is 0 Å². The molecule has 2 atom stereocenters. The van der Waals surface area contributed by atoms with E-state index < -0.39 is 48.4 Å². The van der Waals surface area contributed by atoms with Crippen LogP contribution in [0.2, 0.25) is 0 Å². The summed E-state index contributed by atoms with van der Waals surface area (Å²) < 4.78 is 42.9. The molecule has 11 heteroatoms. The average molecular weight is 454 g/mol. The minimum atomic E-state index is -4.53. The van der Waals surface area contributed by atoms with Crippen molar-refractivity contribution >= 4 is 18.0 Å². The van der Waals surface area contributed by atoms with Crippen LogP contribution in [-0.4, -0.2) is 46.9 Å². The standard InChI is InChI=1S/C21H21F3N2O6/c22-21(23,24)15-8-6-13(7-9-15)10-16(19(29)30)25-18(28)17(11-27)26-20(31)32-12-14-4-2-1-3-5-14/h1-9,16-17,27H,10-12H2,(H,25,28)(H,26,31)(H,29,30)/t16-,17+/m1/s1. The first-order valence-electron chi connectivity index (χ1n) is 9.37. The van der Waals surface area contributed by atoms with Crippen LogP contribution in [0.3, 0.4) is 0 Å². The van der Waals surface area contributed by atoms with Crippen LogP contribution in [0.25, 0.3) is 0 Å².